The second-order valence-electron chi connectivity index (χ2n) is 6.10. The number of carbonyl (C=O) groups excluding carboxylic acids is 2. The molecular formula is C17H25N3O2. The monoisotopic (exact) mass is 303 g/mol. The van der Waals surface area contributed by atoms with Gasteiger partial charge in [0.2, 0.25) is 5.91 Å². The van der Waals surface area contributed by atoms with E-state index in [9.17, 15) is 9.59 Å². The lowest BCUT2D eigenvalue weighted by molar-refractivity contribution is -0.127. The van der Waals surface area contributed by atoms with Crippen molar-refractivity contribution in [3.63, 3.8) is 0 Å². The van der Waals surface area contributed by atoms with Gasteiger partial charge in [0.05, 0.1) is 12.0 Å². The largest absolute Gasteiger partial charge is 0.349 e. The molecule has 0 radical (unpaired) electrons. The van der Waals surface area contributed by atoms with Gasteiger partial charge in [-0.3, -0.25) is 4.79 Å². The Balaban J connectivity index is 1.93. The summed E-state index contributed by atoms with van der Waals surface area (Å²) in [5.41, 5.74) is 1.09. The van der Waals surface area contributed by atoms with E-state index in [-0.39, 0.29) is 23.9 Å². The van der Waals surface area contributed by atoms with E-state index in [1.165, 1.54) is 0 Å². The van der Waals surface area contributed by atoms with Crippen LogP contribution in [0.5, 0.6) is 0 Å². The van der Waals surface area contributed by atoms with Crippen LogP contribution in [0.25, 0.3) is 0 Å². The zero-order valence-corrected chi connectivity index (χ0v) is 13.6. The fraction of sp³-hybridized carbons (Fsp3) is 0.529. The van der Waals surface area contributed by atoms with Crippen LogP contribution < -0.4 is 5.32 Å². The summed E-state index contributed by atoms with van der Waals surface area (Å²) in [5, 5.41) is 3.06. The Morgan fingerprint density at radius 1 is 1.27 bits per heavy atom. The molecule has 1 aromatic rings. The molecule has 5 nitrogen and oxygen atoms in total. The van der Waals surface area contributed by atoms with Crippen LogP contribution in [0.15, 0.2) is 30.3 Å². The predicted molar refractivity (Wildman–Crippen MR) is 86.4 cm³/mol. The highest BCUT2D eigenvalue weighted by molar-refractivity contribution is 5.81. The van der Waals surface area contributed by atoms with Crippen molar-refractivity contribution >= 4 is 11.9 Å². The van der Waals surface area contributed by atoms with E-state index in [0.29, 0.717) is 6.54 Å². The maximum Gasteiger partial charge on any atom is 0.319 e. The van der Waals surface area contributed by atoms with Gasteiger partial charge < -0.3 is 15.1 Å². The highest BCUT2D eigenvalue weighted by Crippen LogP contribution is 2.19. The van der Waals surface area contributed by atoms with Crippen LogP contribution in [-0.4, -0.2) is 48.9 Å². The Morgan fingerprint density at radius 2 is 1.95 bits per heavy atom. The van der Waals surface area contributed by atoms with Gasteiger partial charge in [-0.25, -0.2) is 4.79 Å². The fourth-order valence-corrected chi connectivity index (χ4v) is 2.80. The van der Waals surface area contributed by atoms with Gasteiger partial charge in [0.25, 0.3) is 0 Å². The number of piperidine rings is 1. The van der Waals surface area contributed by atoms with Crippen molar-refractivity contribution in [3.05, 3.63) is 35.9 Å². The number of nitrogens with one attached hydrogen (secondary N) is 1. The number of rotatable bonds is 3. The molecule has 22 heavy (non-hydrogen) atoms. The van der Waals surface area contributed by atoms with Crippen LogP contribution in [0, 0.1) is 5.92 Å². The van der Waals surface area contributed by atoms with Crippen LogP contribution in [0.2, 0.25) is 0 Å². The zero-order chi connectivity index (χ0) is 16.1. The van der Waals surface area contributed by atoms with Crippen molar-refractivity contribution in [1.82, 2.24) is 15.1 Å². The molecule has 0 saturated carbocycles. The SMILES string of the molecule is C[C@@H](NC(=O)[C@@H]1CCCN(C(=O)N(C)C)C1)c1ccccc1. The maximum absolute atomic E-state index is 12.5. The summed E-state index contributed by atoms with van der Waals surface area (Å²) in [6.07, 6.45) is 1.71. The Hall–Kier alpha value is -2.04. The van der Waals surface area contributed by atoms with Gasteiger partial charge in [0.1, 0.15) is 0 Å². The van der Waals surface area contributed by atoms with Gasteiger partial charge >= 0.3 is 6.03 Å². The Morgan fingerprint density at radius 3 is 2.59 bits per heavy atom. The molecule has 1 heterocycles. The molecule has 1 N–H and O–H groups in total. The second kappa shape index (κ2) is 7.29. The molecule has 1 saturated heterocycles. The predicted octanol–water partition coefficient (Wildman–Crippen LogP) is 2.26. The number of urea groups is 1. The van der Waals surface area contributed by atoms with E-state index in [2.05, 4.69) is 5.32 Å². The standard InChI is InChI=1S/C17H25N3O2/c1-13(14-8-5-4-6-9-14)18-16(21)15-10-7-11-20(12-15)17(22)19(2)3/h4-6,8-9,13,15H,7,10-12H2,1-3H3,(H,18,21)/t13-,15-/m1/s1. The van der Waals surface area contributed by atoms with Crippen molar-refractivity contribution < 1.29 is 9.59 Å². The molecule has 1 aromatic carbocycles. The molecule has 2 atom stereocenters. The lowest BCUT2D eigenvalue weighted by atomic mass is 9.96. The number of likely N-dealkylation sites (tertiary alicyclic amines) is 1. The third-order valence-corrected chi connectivity index (χ3v) is 4.10. The number of benzene rings is 1. The van der Waals surface area contributed by atoms with Crippen LogP contribution in [0.4, 0.5) is 4.79 Å². The van der Waals surface area contributed by atoms with Crippen molar-refractivity contribution in [2.45, 2.75) is 25.8 Å². The van der Waals surface area contributed by atoms with Gasteiger partial charge in [-0.2, -0.15) is 0 Å². The first-order chi connectivity index (χ1) is 10.5. The van der Waals surface area contributed by atoms with Crippen molar-refractivity contribution in [2.24, 2.45) is 5.92 Å². The zero-order valence-electron chi connectivity index (χ0n) is 13.6. The fourth-order valence-electron chi connectivity index (χ4n) is 2.80. The average molecular weight is 303 g/mol. The molecule has 0 spiro atoms. The Kier molecular flexibility index (Phi) is 5.41. The van der Waals surface area contributed by atoms with E-state index in [4.69, 9.17) is 0 Å². The first-order valence-electron chi connectivity index (χ1n) is 7.80. The molecule has 1 fully saturated rings. The summed E-state index contributed by atoms with van der Waals surface area (Å²) in [6, 6.07) is 9.87. The first-order valence-corrected chi connectivity index (χ1v) is 7.80. The minimum Gasteiger partial charge on any atom is -0.349 e. The molecule has 1 aliphatic rings. The minimum absolute atomic E-state index is 0.0198. The van der Waals surface area contributed by atoms with Gasteiger partial charge in [0, 0.05) is 27.2 Å². The van der Waals surface area contributed by atoms with Crippen LogP contribution in [0.1, 0.15) is 31.4 Å². The summed E-state index contributed by atoms with van der Waals surface area (Å²) in [7, 11) is 3.48. The number of amides is 3. The minimum atomic E-state index is -0.121. The summed E-state index contributed by atoms with van der Waals surface area (Å²) in [6.45, 7) is 3.22. The smallest absolute Gasteiger partial charge is 0.319 e. The maximum atomic E-state index is 12.5. The van der Waals surface area contributed by atoms with Crippen LogP contribution in [0.3, 0.4) is 0 Å². The van der Waals surface area contributed by atoms with Crippen LogP contribution >= 0.6 is 0 Å². The molecule has 2 rings (SSSR count). The van der Waals surface area contributed by atoms with E-state index in [1.54, 1.807) is 23.9 Å². The van der Waals surface area contributed by atoms with Crippen LogP contribution in [-0.2, 0) is 4.79 Å². The molecule has 0 aromatic heterocycles. The lowest BCUT2D eigenvalue weighted by Crippen LogP contribution is -2.48. The summed E-state index contributed by atoms with van der Waals surface area (Å²) in [4.78, 5) is 27.8. The number of hydrogen-bond donors (Lipinski definition) is 1. The summed E-state index contributed by atoms with van der Waals surface area (Å²) < 4.78 is 0. The van der Waals surface area contributed by atoms with E-state index >= 15 is 0 Å². The highest BCUT2D eigenvalue weighted by atomic mass is 16.2. The Labute approximate surface area is 132 Å². The molecule has 0 bridgehead atoms. The normalized spacial score (nSPS) is 19.4. The summed E-state index contributed by atoms with van der Waals surface area (Å²) >= 11 is 0. The van der Waals surface area contributed by atoms with Gasteiger partial charge in [-0.05, 0) is 25.3 Å². The molecule has 0 aliphatic carbocycles. The number of carbonyl (C=O) groups is 2. The lowest BCUT2D eigenvalue weighted by Gasteiger charge is -2.34. The third kappa shape index (κ3) is 4.00. The van der Waals surface area contributed by atoms with E-state index in [0.717, 1.165) is 24.9 Å². The van der Waals surface area contributed by atoms with E-state index in [1.807, 2.05) is 37.3 Å². The van der Waals surface area contributed by atoms with E-state index < -0.39 is 0 Å². The molecule has 120 valence electrons. The molecule has 3 amide bonds. The van der Waals surface area contributed by atoms with Crippen molar-refractivity contribution in [3.8, 4) is 0 Å². The quantitative estimate of drug-likeness (QED) is 0.931. The molecule has 0 unspecified atom stereocenters. The molecule has 5 heteroatoms. The number of nitrogens with zero attached hydrogens (tertiary/aromatic N) is 2. The van der Waals surface area contributed by atoms with Gasteiger partial charge in [-0.1, -0.05) is 30.3 Å². The first kappa shape index (κ1) is 16.3. The summed E-state index contributed by atoms with van der Waals surface area (Å²) in [5.74, 6) is -0.0866. The van der Waals surface area contributed by atoms with Gasteiger partial charge in [0.15, 0.2) is 0 Å². The topological polar surface area (TPSA) is 52.7 Å². The average Bonchev–Trinajstić information content (AvgIpc) is 2.54. The highest BCUT2D eigenvalue weighted by Gasteiger charge is 2.29. The molecule has 1 aliphatic heterocycles. The van der Waals surface area contributed by atoms with Gasteiger partial charge in [-0.15, -0.1) is 0 Å². The van der Waals surface area contributed by atoms with Crippen molar-refractivity contribution in [1.29, 1.82) is 0 Å². The Bertz CT molecular complexity index is 516. The molecular weight excluding hydrogens is 278 g/mol. The number of hydrogen-bond acceptors (Lipinski definition) is 2. The third-order valence-electron chi connectivity index (χ3n) is 4.10. The second-order valence-corrected chi connectivity index (χ2v) is 6.10. The van der Waals surface area contributed by atoms with Crippen molar-refractivity contribution in [2.75, 3.05) is 27.2 Å².